The number of hydrogen-bond acceptors (Lipinski definition) is 5. The van der Waals surface area contributed by atoms with Crippen molar-refractivity contribution < 1.29 is 0 Å². The topological polar surface area (TPSA) is 31.7 Å². The molecule has 4 nitrogen and oxygen atoms in total. The third-order valence-corrected chi connectivity index (χ3v) is 5.08. The van der Waals surface area contributed by atoms with Crippen LogP contribution in [0, 0.1) is 6.92 Å². The van der Waals surface area contributed by atoms with Crippen LogP contribution in [0.1, 0.15) is 29.8 Å². The Morgan fingerprint density at radius 3 is 2.64 bits per heavy atom. The van der Waals surface area contributed by atoms with Crippen molar-refractivity contribution in [3.8, 4) is 0 Å². The van der Waals surface area contributed by atoms with Crippen molar-refractivity contribution >= 4 is 28.4 Å². The zero-order valence-corrected chi connectivity index (χ0v) is 14.0. The maximum Gasteiger partial charge on any atom is 0.186 e. The van der Waals surface area contributed by atoms with Crippen molar-refractivity contribution in [3.05, 3.63) is 40.9 Å². The molecule has 0 atom stereocenters. The lowest BCUT2D eigenvalue weighted by Gasteiger charge is -2.25. The average Bonchev–Trinajstić information content (AvgIpc) is 2.95. The number of anilines is 2. The summed E-state index contributed by atoms with van der Waals surface area (Å²) in [7, 11) is 1.97. The Balaban J connectivity index is 1.72. The third-order valence-electron chi connectivity index (χ3n) is 3.93. The first-order valence-electron chi connectivity index (χ1n) is 7.79. The van der Waals surface area contributed by atoms with Crippen LogP contribution in [0.4, 0.5) is 10.8 Å². The first-order valence-corrected chi connectivity index (χ1v) is 8.61. The Bertz CT molecular complexity index is 629. The number of rotatable bonds is 4. The molecule has 0 bridgehead atoms. The SMILES string of the molecule is Cc1nc(N2CCCCC2)sc1C=NN(C)c1ccccc1. The van der Waals surface area contributed by atoms with Gasteiger partial charge in [-0.2, -0.15) is 5.10 Å². The minimum atomic E-state index is 1.07. The number of nitrogens with zero attached hydrogens (tertiary/aromatic N) is 4. The van der Waals surface area contributed by atoms with Crippen LogP contribution in [0.25, 0.3) is 0 Å². The number of piperidine rings is 1. The van der Waals surface area contributed by atoms with E-state index < -0.39 is 0 Å². The molecule has 5 heteroatoms. The van der Waals surface area contributed by atoms with Gasteiger partial charge in [-0.05, 0) is 38.3 Å². The van der Waals surface area contributed by atoms with Gasteiger partial charge in [0.15, 0.2) is 5.13 Å². The van der Waals surface area contributed by atoms with E-state index in [1.54, 1.807) is 11.3 Å². The molecule has 0 unspecified atom stereocenters. The van der Waals surface area contributed by atoms with Gasteiger partial charge in [0.25, 0.3) is 0 Å². The molecular formula is C17H22N4S. The number of hydrazone groups is 1. The van der Waals surface area contributed by atoms with Crippen LogP contribution in [-0.4, -0.2) is 31.3 Å². The van der Waals surface area contributed by atoms with E-state index in [0.717, 1.165) is 34.5 Å². The molecular weight excluding hydrogens is 292 g/mol. The minimum absolute atomic E-state index is 1.07. The van der Waals surface area contributed by atoms with Gasteiger partial charge in [-0.3, -0.25) is 5.01 Å². The Morgan fingerprint density at radius 2 is 1.91 bits per heavy atom. The summed E-state index contributed by atoms with van der Waals surface area (Å²) in [5.74, 6) is 0. The summed E-state index contributed by atoms with van der Waals surface area (Å²) < 4.78 is 0. The van der Waals surface area contributed by atoms with Crippen LogP contribution < -0.4 is 9.91 Å². The monoisotopic (exact) mass is 314 g/mol. The number of aryl methyl sites for hydroxylation is 1. The largest absolute Gasteiger partial charge is 0.348 e. The zero-order chi connectivity index (χ0) is 15.4. The van der Waals surface area contributed by atoms with E-state index in [2.05, 4.69) is 29.1 Å². The van der Waals surface area contributed by atoms with Gasteiger partial charge in [0, 0.05) is 20.1 Å². The summed E-state index contributed by atoms with van der Waals surface area (Å²) in [6, 6.07) is 10.2. The lowest BCUT2D eigenvalue weighted by molar-refractivity contribution is 0.576. The highest BCUT2D eigenvalue weighted by atomic mass is 32.1. The smallest absolute Gasteiger partial charge is 0.186 e. The molecule has 0 aliphatic carbocycles. The summed E-state index contributed by atoms with van der Waals surface area (Å²) in [4.78, 5) is 8.26. The van der Waals surface area contributed by atoms with E-state index in [1.807, 2.05) is 36.5 Å². The van der Waals surface area contributed by atoms with Crippen molar-refractivity contribution in [1.82, 2.24) is 4.98 Å². The highest BCUT2D eigenvalue weighted by Gasteiger charge is 2.15. The number of hydrogen-bond donors (Lipinski definition) is 0. The number of benzene rings is 1. The molecule has 0 N–H and O–H groups in total. The second-order valence-corrected chi connectivity index (χ2v) is 6.61. The molecule has 1 aromatic heterocycles. The average molecular weight is 314 g/mol. The maximum absolute atomic E-state index is 4.72. The number of para-hydroxylation sites is 1. The first-order chi connectivity index (χ1) is 10.7. The predicted octanol–water partition coefficient (Wildman–Crippen LogP) is 3.91. The van der Waals surface area contributed by atoms with Gasteiger partial charge in [0.05, 0.1) is 22.5 Å². The van der Waals surface area contributed by atoms with Gasteiger partial charge < -0.3 is 4.90 Å². The summed E-state index contributed by atoms with van der Waals surface area (Å²) in [5.41, 5.74) is 2.15. The summed E-state index contributed by atoms with van der Waals surface area (Å²) >= 11 is 1.74. The molecule has 2 aromatic rings. The van der Waals surface area contributed by atoms with E-state index in [9.17, 15) is 0 Å². The molecule has 0 spiro atoms. The lowest BCUT2D eigenvalue weighted by Crippen LogP contribution is -2.29. The second kappa shape index (κ2) is 6.92. The standard InChI is InChI=1S/C17H22N4S/c1-14-16(13-18-20(2)15-9-5-3-6-10-15)22-17(19-14)21-11-7-4-8-12-21/h3,5-6,9-10,13H,4,7-8,11-12H2,1-2H3. The quantitative estimate of drug-likeness (QED) is 0.633. The molecule has 1 saturated heterocycles. The predicted molar refractivity (Wildman–Crippen MR) is 95.4 cm³/mol. The van der Waals surface area contributed by atoms with E-state index >= 15 is 0 Å². The van der Waals surface area contributed by atoms with E-state index in [-0.39, 0.29) is 0 Å². The molecule has 2 heterocycles. The van der Waals surface area contributed by atoms with Crippen molar-refractivity contribution in [2.45, 2.75) is 26.2 Å². The van der Waals surface area contributed by atoms with Gasteiger partial charge >= 0.3 is 0 Å². The van der Waals surface area contributed by atoms with Gasteiger partial charge in [0.2, 0.25) is 0 Å². The van der Waals surface area contributed by atoms with Crippen LogP contribution >= 0.6 is 11.3 Å². The van der Waals surface area contributed by atoms with E-state index in [1.165, 1.54) is 19.3 Å². The molecule has 1 aromatic carbocycles. The van der Waals surface area contributed by atoms with Gasteiger partial charge in [-0.25, -0.2) is 4.98 Å². The molecule has 1 aliphatic heterocycles. The zero-order valence-electron chi connectivity index (χ0n) is 13.2. The normalized spacial score (nSPS) is 15.5. The molecule has 3 rings (SSSR count). The Kier molecular flexibility index (Phi) is 4.73. The molecule has 0 radical (unpaired) electrons. The highest BCUT2D eigenvalue weighted by Crippen LogP contribution is 2.27. The molecule has 116 valence electrons. The fourth-order valence-electron chi connectivity index (χ4n) is 2.58. The summed E-state index contributed by atoms with van der Waals surface area (Å²) in [5, 5.41) is 7.57. The molecule has 0 saturated carbocycles. The van der Waals surface area contributed by atoms with Crippen molar-refractivity contribution in [3.63, 3.8) is 0 Å². The Labute approximate surface area is 136 Å². The second-order valence-electron chi connectivity index (χ2n) is 5.60. The fraction of sp³-hybridized carbons (Fsp3) is 0.412. The van der Waals surface area contributed by atoms with Gasteiger partial charge in [0.1, 0.15) is 0 Å². The van der Waals surface area contributed by atoms with Gasteiger partial charge in [-0.15, -0.1) is 0 Å². The number of aromatic nitrogens is 1. The Morgan fingerprint density at radius 1 is 1.18 bits per heavy atom. The summed E-state index contributed by atoms with van der Waals surface area (Å²) in [6.07, 6.45) is 5.82. The molecule has 1 aliphatic rings. The van der Waals surface area contributed by atoms with E-state index in [4.69, 9.17) is 4.98 Å². The fourth-order valence-corrected chi connectivity index (χ4v) is 3.57. The van der Waals surface area contributed by atoms with Crippen LogP contribution in [0.5, 0.6) is 0 Å². The van der Waals surface area contributed by atoms with Crippen molar-refractivity contribution in [2.75, 3.05) is 30.0 Å². The summed E-state index contributed by atoms with van der Waals surface area (Å²) in [6.45, 7) is 4.33. The maximum atomic E-state index is 4.72. The lowest BCUT2D eigenvalue weighted by atomic mass is 10.1. The van der Waals surface area contributed by atoms with E-state index in [0.29, 0.717) is 0 Å². The van der Waals surface area contributed by atoms with Crippen LogP contribution in [0.3, 0.4) is 0 Å². The highest BCUT2D eigenvalue weighted by molar-refractivity contribution is 7.17. The van der Waals surface area contributed by atoms with Crippen LogP contribution in [-0.2, 0) is 0 Å². The van der Waals surface area contributed by atoms with Crippen LogP contribution in [0.2, 0.25) is 0 Å². The van der Waals surface area contributed by atoms with Crippen molar-refractivity contribution in [2.24, 2.45) is 5.10 Å². The van der Waals surface area contributed by atoms with Crippen molar-refractivity contribution in [1.29, 1.82) is 0 Å². The molecule has 0 amide bonds. The Hall–Kier alpha value is -1.88. The first kappa shape index (κ1) is 15.0. The molecule has 22 heavy (non-hydrogen) atoms. The molecule has 1 fully saturated rings. The number of thiazole rings is 1. The third kappa shape index (κ3) is 3.47. The van der Waals surface area contributed by atoms with Gasteiger partial charge in [-0.1, -0.05) is 29.5 Å². The minimum Gasteiger partial charge on any atom is -0.348 e. The van der Waals surface area contributed by atoms with Crippen LogP contribution in [0.15, 0.2) is 35.4 Å².